The highest BCUT2D eigenvalue weighted by Crippen LogP contribution is 2.35. The normalized spacial score (nSPS) is 20.9. The van der Waals surface area contributed by atoms with Crippen molar-refractivity contribution in [2.75, 3.05) is 11.6 Å². The molecule has 132 valence electrons. The van der Waals surface area contributed by atoms with Gasteiger partial charge in [0.05, 0.1) is 12.4 Å². The Balaban J connectivity index is 1.57. The van der Waals surface area contributed by atoms with E-state index in [1.165, 1.54) is 19.3 Å². The van der Waals surface area contributed by atoms with Gasteiger partial charge in [-0.1, -0.05) is 13.3 Å². The van der Waals surface area contributed by atoms with Crippen molar-refractivity contribution in [1.29, 1.82) is 0 Å². The summed E-state index contributed by atoms with van der Waals surface area (Å²) in [6.07, 6.45) is 4.90. The van der Waals surface area contributed by atoms with Gasteiger partial charge in [-0.25, -0.2) is 0 Å². The van der Waals surface area contributed by atoms with Crippen LogP contribution in [0.5, 0.6) is 0 Å². The van der Waals surface area contributed by atoms with Gasteiger partial charge in [-0.3, -0.25) is 9.59 Å². The van der Waals surface area contributed by atoms with Crippen LogP contribution in [0.15, 0.2) is 0 Å². The maximum atomic E-state index is 12.5. The summed E-state index contributed by atoms with van der Waals surface area (Å²) in [5, 5.41) is 11.4. The van der Waals surface area contributed by atoms with E-state index in [4.69, 9.17) is 0 Å². The quantitative estimate of drug-likeness (QED) is 0.838. The molecule has 1 unspecified atom stereocenters. The number of nitrogens with one attached hydrogen (secondary N) is 1. The average Bonchev–Trinajstić information content (AvgIpc) is 3.12. The fourth-order valence-electron chi connectivity index (χ4n) is 3.10. The Hall–Kier alpha value is -1.57. The van der Waals surface area contributed by atoms with Gasteiger partial charge in [0.25, 0.3) is 0 Å². The van der Waals surface area contributed by atoms with Crippen molar-refractivity contribution in [1.82, 2.24) is 25.0 Å². The molecule has 1 atom stereocenters. The summed E-state index contributed by atoms with van der Waals surface area (Å²) in [6.45, 7) is 2.33. The topological polar surface area (TPSA) is 80.1 Å². The lowest BCUT2D eigenvalue weighted by Crippen LogP contribution is -2.47. The van der Waals surface area contributed by atoms with Gasteiger partial charge in [0.15, 0.2) is 5.82 Å². The molecule has 2 aliphatic rings. The number of nitrogens with zero attached hydrogens (tertiary/aromatic N) is 4. The second kappa shape index (κ2) is 7.55. The fraction of sp³-hybridized carbons (Fsp3) is 0.750. The molecular weight excluding hydrogens is 326 g/mol. The zero-order valence-corrected chi connectivity index (χ0v) is 15.1. The summed E-state index contributed by atoms with van der Waals surface area (Å²) in [4.78, 5) is 26.3. The van der Waals surface area contributed by atoms with Crippen LogP contribution in [0, 0.1) is 0 Å². The van der Waals surface area contributed by atoms with Crippen LogP contribution < -0.4 is 5.32 Å². The zero-order chi connectivity index (χ0) is 17.1. The van der Waals surface area contributed by atoms with E-state index in [2.05, 4.69) is 15.5 Å². The van der Waals surface area contributed by atoms with E-state index in [-0.39, 0.29) is 17.9 Å². The number of rotatable bonds is 6. The Morgan fingerprint density at radius 1 is 1.33 bits per heavy atom. The number of carbonyl (C=O) groups excluding carboxylic acids is 2. The average molecular weight is 351 g/mol. The van der Waals surface area contributed by atoms with Crippen molar-refractivity contribution in [2.24, 2.45) is 7.05 Å². The molecule has 2 heterocycles. The third kappa shape index (κ3) is 3.43. The van der Waals surface area contributed by atoms with E-state index in [1.807, 2.05) is 18.5 Å². The minimum Gasteiger partial charge on any atom is -0.347 e. The number of aromatic nitrogens is 3. The van der Waals surface area contributed by atoms with Crippen LogP contribution in [0.25, 0.3) is 0 Å². The van der Waals surface area contributed by atoms with E-state index < -0.39 is 0 Å². The Morgan fingerprint density at radius 2 is 2.12 bits per heavy atom. The van der Waals surface area contributed by atoms with Gasteiger partial charge in [-0.05, 0) is 19.3 Å². The molecule has 2 amide bonds. The second-order valence-corrected chi connectivity index (χ2v) is 7.51. The molecule has 0 radical (unpaired) electrons. The van der Waals surface area contributed by atoms with Crippen LogP contribution in [0.1, 0.15) is 56.6 Å². The minimum absolute atomic E-state index is 0.0635. The molecular formula is C16H25N5O2S. The number of hydrogen-bond acceptors (Lipinski definition) is 5. The first-order valence-corrected chi connectivity index (χ1v) is 9.80. The van der Waals surface area contributed by atoms with Gasteiger partial charge in [-0.15, -0.1) is 22.0 Å². The smallest absolute Gasteiger partial charge is 0.244 e. The second-order valence-electron chi connectivity index (χ2n) is 6.51. The minimum atomic E-state index is -0.367. The molecule has 1 aromatic rings. The van der Waals surface area contributed by atoms with Crippen LogP contribution in [-0.2, 0) is 23.2 Å². The molecule has 24 heavy (non-hydrogen) atoms. The molecule has 7 nitrogen and oxygen atoms in total. The standard InChI is InChI=1S/C16H25N5O2S/c1-3-5-14(22)21-10-24-9-12(21)16(23)17-8-13-18-19-15(20(13)2)11-6-4-7-11/h11-12H,3-10H2,1-2H3,(H,17,23). The summed E-state index contributed by atoms with van der Waals surface area (Å²) in [5.74, 6) is 3.52. The molecule has 1 N–H and O–H groups in total. The first-order valence-electron chi connectivity index (χ1n) is 8.65. The van der Waals surface area contributed by atoms with Crippen LogP contribution in [-0.4, -0.2) is 49.2 Å². The number of hydrogen-bond donors (Lipinski definition) is 1. The predicted octanol–water partition coefficient (Wildman–Crippen LogP) is 1.40. The largest absolute Gasteiger partial charge is 0.347 e. The summed E-state index contributed by atoms with van der Waals surface area (Å²) in [7, 11) is 1.96. The molecule has 0 bridgehead atoms. The van der Waals surface area contributed by atoms with Crippen molar-refractivity contribution in [2.45, 2.75) is 57.5 Å². The number of carbonyl (C=O) groups is 2. The lowest BCUT2D eigenvalue weighted by Gasteiger charge is -2.24. The van der Waals surface area contributed by atoms with E-state index in [0.717, 1.165) is 18.1 Å². The highest BCUT2D eigenvalue weighted by Gasteiger charge is 2.34. The molecule has 8 heteroatoms. The maximum absolute atomic E-state index is 12.5. The van der Waals surface area contributed by atoms with E-state index in [0.29, 0.717) is 30.5 Å². The lowest BCUT2D eigenvalue weighted by molar-refractivity contribution is -0.138. The zero-order valence-electron chi connectivity index (χ0n) is 14.3. The Labute approximate surface area is 146 Å². The highest BCUT2D eigenvalue weighted by atomic mass is 32.2. The number of amides is 2. The van der Waals surface area contributed by atoms with Crippen molar-refractivity contribution in [3.8, 4) is 0 Å². The molecule has 1 saturated heterocycles. The first-order chi connectivity index (χ1) is 11.6. The van der Waals surface area contributed by atoms with Crippen LogP contribution in [0.2, 0.25) is 0 Å². The molecule has 0 spiro atoms. The maximum Gasteiger partial charge on any atom is 0.244 e. The third-order valence-corrected chi connectivity index (χ3v) is 5.87. The fourth-order valence-corrected chi connectivity index (χ4v) is 4.28. The molecule has 1 aromatic heterocycles. The predicted molar refractivity (Wildman–Crippen MR) is 92.3 cm³/mol. The van der Waals surface area contributed by atoms with Crippen molar-refractivity contribution in [3.63, 3.8) is 0 Å². The van der Waals surface area contributed by atoms with Crippen LogP contribution >= 0.6 is 11.8 Å². The van der Waals surface area contributed by atoms with Gasteiger partial charge < -0.3 is 14.8 Å². The van der Waals surface area contributed by atoms with E-state index in [1.54, 1.807) is 16.7 Å². The Bertz CT molecular complexity index is 614. The SMILES string of the molecule is CCCC(=O)N1CSCC1C(=O)NCc1nnc(C2CCC2)n1C. The van der Waals surface area contributed by atoms with Gasteiger partial charge >= 0.3 is 0 Å². The highest BCUT2D eigenvalue weighted by molar-refractivity contribution is 7.99. The van der Waals surface area contributed by atoms with Gasteiger partial charge in [0.1, 0.15) is 11.9 Å². The summed E-state index contributed by atoms with van der Waals surface area (Å²) in [6, 6.07) is -0.367. The van der Waals surface area contributed by atoms with Crippen LogP contribution in [0.3, 0.4) is 0 Å². The first kappa shape index (κ1) is 17.3. The Morgan fingerprint density at radius 3 is 2.79 bits per heavy atom. The van der Waals surface area contributed by atoms with Crippen LogP contribution in [0.4, 0.5) is 0 Å². The van der Waals surface area contributed by atoms with Gasteiger partial charge in [0, 0.05) is 25.1 Å². The lowest BCUT2D eigenvalue weighted by atomic mass is 9.85. The molecule has 1 saturated carbocycles. The third-order valence-electron chi connectivity index (χ3n) is 4.86. The summed E-state index contributed by atoms with van der Waals surface area (Å²) < 4.78 is 1.99. The van der Waals surface area contributed by atoms with Gasteiger partial charge in [0.2, 0.25) is 11.8 Å². The van der Waals surface area contributed by atoms with Crippen molar-refractivity contribution < 1.29 is 9.59 Å². The van der Waals surface area contributed by atoms with Crippen molar-refractivity contribution >= 4 is 23.6 Å². The molecule has 1 aliphatic heterocycles. The molecule has 1 aliphatic carbocycles. The summed E-state index contributed by atoms with van der Waals surface area (Å²) in [5.41, 5.74) is 0. The van der Waals surface area contributed by atoms with E-state index in [9.17, 15) is 9.59 Å². The molecule has 2 fully saturated rings. The monoisotopic (exact) mass is 351 g/mol. The molecule has 0 aromatic carbocycles. The summed E-state index contributed by atoms with van der Waals surface area (Å²) >= 11 is 1.63. The Kier molecular flexibility index (Phi) is 5.43. The number of thioether (sulfide) groups is 1. The molecule has 3 rings (SSSR count). The van der Waals surface area contributed by atoms with Crippen molar-refractivity contribution in [3.05, 3.63) is 11.6 Å². The van der Waals surface area contributed by atoms with Gasteiger partial charge in [-0.2, -0.15) is 0 Å². The van der Waals surface area contributed by atoms with E-state index >= 15 is 0 Å².